The van der Waals surface area contributed by atoms with Crippen LogP contribution in [0.5, 0.6) is 5.75 Å². The Morgan fingerprint density at radius 1 is 1.00 bits per heavy atom. The number of carbonyl (C=O) groups excluding carboxylic acids is 1. The predicted octanol–water partition coefficient (Wildman–Crippen LogP) is 3.27. The van der Waals surface area contributed by atoms with Crippen LogP contribution >= 0.6 is 0 Å². The standard InChI is InChI=1S/C20H17N3O4/c24-18(14-27-17-12-7-13-21-20(17)23(25)26)22-19(15-8-3-1-4-9-15)16-10-5-2-6-11-16/h1-13,19H,14H2,(H,22,24). The predicted molar refractivity (Wildman–Crippen MR) is 99.3 cm³/mol. The molecule has 0 spiro atoms. The number of carbonyl (C=O) groups is 1. The van der Waals surface area contributed by atoms with Crippen LogP contribution in [0, 0.1) is 10.1 Å². The first-order chi connectivity index (χ1) is 13.1. The van der Waals surface area contributed by atoms with E-state index in [4.69, 9.17) is 4.74 Å². The van der Waals surface area contributed by atoms with Crippen LogP contribution in [0.25, 0.3) is 0 Å². The van der Waals surface area contributed by atoms with Crippen LogP contribution < -0.4 is 10.1 Å². The van der Waals surface area contributed by atoms with Crippen LogP contribution in [0.1, 0.15) is 17.2 Å². The molecular weight excluding hydrogens is 346 g/mol. The minimum absolute atomic E-state index is 0.0476. The van der Waals surface area contributed by atoms with Gasteiger partial charge in [0.05, 0.1) is 6.04 Å². The Bertz CT molecular complexity index is 877. The molecule has 1 heterocycles. The maximum absolute atomic E-state index is 12.4. The molecule has 27 heavy (non-hydrogen) atoms. The molecule has 1 aromatic heterocycles. The first kappa shape index (κ1) is 18.1. The number of nitro groups is 1. The van der Waals surface area contributed by atoms with Crippen LogP contribution in [0.2, 0.25) is 0 Å². The summed E-state index contributed by atoms with van der Waals surface area (Å²) >= 11 is 0. The maximum Gasteiger partial charge on any atom is 0.406 e. The molecule has 136 valence electrons. The van der Waals surface area contributed by atoms with Crippen molar-refractivity contribution in [1.29, 1.82) is 0 Å². The van der Waals surface area contributed by atoms with Crippen molar-refractivity contribution in [3.05, 3.63) is 100 Å². The quantitative estimate of drug-likeness (QED) is 0.513. The van der Waals surface area contributed by atoms with Gasteiger partial charge >= 0.3 is 5.82 Å². The topological polar surface area (TPSA) is 94.4 Å². The van der Waals surface area contributed by atoms with Crippen molar-refractivity contribution in [2.24, 2.45) is 0 Å². The molecule has 0 aliphatic rings. The van der Waals surface area contributed by atoms with Gasteiger partial charge in [0.25, 0.3) is 5.91 Å². The average Bonchev–Trinajstić information content (AvgIpc) is 2.72. The van der Waals surface area contributed by atoms with Gasteiger partial charge in [-0.15, -0.1) is 0 Å². The van der Waals surface area contributed by atoms with Crippen molar-refractivity contribution >= 4 is 11.7 Å². The highest BCUT2D eigenvalue weighted by molar-refractivity contribution is 5.78. The van der Waals surface area contributed by atoms with E-state index in [0.717, 1.165) is 11.1 Å². The molecule has 1 amide bonds. The highest BCUT2D eigenvalue weighted by atomic mass is 16.6. The zero-order chi connectivity index (χ0) is 19.1. The molecule has 7 nitrogen and oxygen atoms in total. The van der Waals surface area contributed by atoms with E-state index in [9.17, 15) is 14.9 Å². The normalized spacial score (nSPS) is 10.4. The number of hydrogen-bond donors (Lipinski definition) is 1. The summed E-state index contributed by atoms with van der Waals surface area (Å²) in [6.45, 7) is -0.358. The molecule has 0 saturated carbocycles. The van der Waals surface area contributed by atoms with Gasteiger partial charge in [-0.05, 0) is 33.2 Å². The molecule has 0 fully saturated rings. The molecule has 0 saturated heterocycles. The van der Waals surface area contributed by atoms with Crippen molar-refractivity contribution in [2.45, 2.75) is 6.04 Å². The second kappa shape index (κ2) is 8.57. The maximum atomic E-state index is 12.4. The molecule has 1 N–H and O–H groups in total. The fourth-order valence-corrected chi connectivity index (χ4v) is 2.63. The smallest absolute Gasteiger partial charge is 0.406 e. The second-order valence-electron chi connectivity index (χ2n) is 5.69. The molecule has 0 aliphatic heterocycles. The zero-order valence-electron chi connectivity index (χ0n) is 14.3. The van der Waals surface area contributed by atoms with E-state index in [0.29, 0.717) is 0 Å². The van der Waals surface area contributed by atoms with E-state index in [1.807, 2.05) is 60.7 Å². The minimum atomic E-state index is -0.649. The van der Waals surface area contributed by atoms with Crippen molar-refractivity contribution in [3.63, 3.8) is 0 Å². The number of pyridine rings is 1. The van der Waals surface area contributed by atoms with Crippen LogP contribution in [0.15, 0.2) is 79.0 Å². The molecule has 2 aromatic carbocycles. The first-order valence-electron chi connectivity index (χ1n) is 8.26. The molecule has 0 radical (unpaired) electrons. The van der Waals surface area contributed by atoms with Gasteiger partial charge in [-0.25, -0.2) is 0 Å². The van der Waals surface area contributed by atoms with Crippen molar-refractivity contribution in [1.82, 2.24) is 10.3 Å². The summed E-state index contributed by atoms with van der Waals surface area (Å²) in [6, 6.07) is 21.6. The van der Waals surface area contributed by atoms with E-state index >= 15 is 0 Å². The highest BCUT2D eigenvalue weighted by Crippen LogP contribution is 2.24. The zero-order valence-corrected chi connectivity index (χ0v) is 14.3. The number of nitrogens with zero attached hydrogens (tertiary/aromatic N) is 2. The Morgan fingerprint density at radius 3 is 2.15 bits per heavy atom. The third-order valence-corrected chi connectivity index (χ3v) is 3.85. The molecule has 0 aliphatic carbocycles. The molecule has 0 atom stereocenters. The average molecular weight is 363 g/mol. The van der Waals surface area contributed by atoms with Crippen molar-refractivity contribution < 1.29 is 14.5 Å². The van der Waals surface area contributed by atoms with E-state index in [-0.39, 0.29) is 18.4 Å². The summed E-state index contributed by atoms with van der Waals surface area (Å²) in [6.07, 6.45) is 1.30. The summed E-state index contributed by atoms with van der Waals surface area (Å²) in [5.41, 5.74) is 1.84. The van der Waals surface area contributed by atoms with E-state index in [1.54, 1.807) is 0 Å². The number of ether oxygens (including phenoxy) is 1. The van der Waals surface area contributed by atoms with Crippen LogP contribution in [0.4, 0.5) is 5.82 Å². The van der Waals surface area contributed by atoms with Gasteiger partial charge < -0.3 is 20.2 Å². The van der Waals surface area contributed by atoms with Gasteiger partial charge in [-0.1, -0.05) is 60.7 Å². The van der Waals surface area contributed by atoms with Gasteiger partial charge in [0.15, 0.2) is 6.61 Å². The Morgan fingerprint density at radius 2 is 1.59 bits per heavy atom. The minimum Gasteiger partial charge on any atom is -0.476 e. The molecule has 3 aromatic rings. The molecule has 0 unspecified atom stereocenters. The van der Waals surface area contributed by atoms with E-state index in [2.05, 4.69) is 10.3 Å². The Kier molecular flexibility index (Phi) is 5.73. The fraction of sp³-hybridized carbons (Fsp3) is 0.100. The molecule has 0 bridgehead atoms. The molecule has 3 rings (SSSR count). The lowest BCUT2D eigenvalue weighted by Crippen LogP contribution is -2.33. The number of amides is 1. The molecule has 7 heteroatoms. The summed E-state index contributed by atoms with van der Waals surface area (Å²) in [7, 11) is 0. The van der Waals surface area contributed by atoms with Crippen LogP contribution in [-0.4, -0.2) is 22.4 Å². The summed E-state index contributed by atoms with van der Waals surface area (Å²) < 4.78 is 5.32. The van der Waals surface area contributed by atoms with Crippen molar-refractivity contribution in [2.75, 3.05) is 6.61 Å². The third-order valence-electron chi connectivity index (χ3n) is 3.85. The largest absolute Gasteiger partial charge is 0.476 e. The van der Waals surface area contributed by atoms with Gasteiger partial charge in [0.1, 0.15) is 6.20 Å². The Hall–Kier alpha value is -3.74. The Labute approximate surface area is 155 Å². The van der Waals surface area contributed by atoms with Gasteiger partial charge in [0, 0.05) is 0 Å². The highest BCUT2D eigenvalue weighted by Gasteiger charge is 2.19. The van der Waals surface area contributed by atoms with Crippen LogP contribution in [0.3, 0.4) is 0 Å². The molecular formula is C20H17N3O4. The van der Waals surface area contributed by atoms with Gasteiger partial charge in [0.2, 0.25) is 5.75 Å². The number of rotatable bonds is 7. The monoisotopic (exact) mass is 363 g/mol. The van der Waals surface area contributed by atoms with Crippen molar-refractivity contribution in [3.8, 4) is 5.75 Å². The van der Waals surface area contributed by atoms with Gasteiger partial charge in [-0.2, -0.15) is 0 Å². The fourth-order valence-electron chi connectivity index (χ4n) is 2.63. The number of hydrogen-bond acceptors (Lipinski definition) is 5. The number of nitrogens with one attached hydrogen (secondary N) is 1. The number of benzene rings is 2. The van der Waals surface area contributed by atoms with Crippen LogP contribution in [-0.2, 0) is 4.79 Å². The lowest BCUT2D eigenvalue weighted by atomic mass is 9.99. The third kappa shape index (κ3) is 4.66. The first-order valence-corrected chi connectivity index (χ1v) is 8.26. The summed E-state index contributed by atoms with van der Waals surface area (Å²) in [4.78, 5) is 26.4. The Balaban J connectivity index is 1.73. The lowest BCUT2D eigenvalue weighted by Gasteiger charge is -2.20. The second-order valence-corrected chi connectivity index (χ2v) is 5.69. The summed E-state index contributed by atoms with van der Waals surface area (Å²) in [5, 5.41) is 13.9. The van der Waals surface area contributed by atoms with Gasteiger partial charge in [-0.3, -0.25) is 4.79 Å². The van der Waals surface area contributed by atoms with E-state index in [1.165, 1.54) is 18.3 Å². The lowest BCUT2D eigenvalue weighted by molar-refractivity contribution is -0.390. The SMILES string of the molecule is O=C(COc1cccnc1[N+](=O)[O-])NC(c1ccccc1)c1ccccc1. The van der Waals surface area contributed by atoms with E-state index < -0.39 is 16.6 Å². The number of aromatic nitrogens is 1. The summed E-state index contributed by atoms with van der Waals surface area (Å²) in [5.74, 6) is -0.868.